The van der Waals surface area contributed by atoms with Crippen LogP contribution >= 0.6 is 22.6 Å². The van der Waals surface area contributed by atoms with Crippen LogP contribution in [-0.2, 0) is 0 Å². The normalized spacial score (nSPS) is 10.8. The number of benzene rings is 1. The van der Waals surface area contributed by atoms with E-state index in [9.17, 15) is 0 Å². The zero-order valence-corrected chi connectivity index (χ0v) is 10.2. The average molecular weight is 288 g/mol. The lowest BCUT2D eigenvalue weighted by Crippen LogP contribution is -2.14. The van der Waals surface area contributed by atoms with Crippen LogP contribution in [0, 0.1) is 10.5 Å². The van der Waals surface area contributed by atoms with Crippen molar-refractivity contribution in [1.29, 1.82) is 0 Å². The lowest BCUT2D eigenvalue weighted by atomic mass is 10.2. The van der Waals surface area contributed by atoms with Crippen molar-refractivity contribution in [1.82, 2.24) is 0 Å². The van der Waals surface area contributed by atoms with Gasteiger partial charge in [0.1, 0.15) is 0 Å². The largest absolute Gasteiger partial charge is 0.336 e. The van der Waals surface area contributed by atoms with Crippen LogP contribution in [0.15, 0.2) is 23.2 Å². The quantitative estimate of drug-likeness (QED) is 0.464. The van der Waals surface area contributed by atoms with Crippen LogP contribution in [0.5, 0.6) is 0 Å². The minimum Gasteiger partial charge on any atom is -0.336 e. The topological polar surface area (TPSA) is 15.6 Å². The number of aliphatic imine (C=N–C) groups is 1. The summed E-state index contributed by atoms with van der Waals surface area (Å²) in [7, 11) is 3.77. The molecule has 0 fully saturated rings. The summed E-state index contributed by atoms with van der Waals surface area (Å²) >= 11 is 2.34. The van der Waals surface area contributed by atoms with Crippen LogP contribution in [-0.4, -0.2) is 20.4 Å². The first-order chi connectivity index (χ1) is 6.15. The van der Waals surface area contributed by atoms with E-state index in [1.807, 2.05) is 11.9 Å². The van der Waals surface area contributed by atoms with E-state index >= 15 is 0 Å². The number of anilines is 1. The number of nitrogens with zero attached hydrogens (tertiary/aromatic N) is 2. The summed E-state index contributed by atoms with van der Waals surface area (Å²) in [6.07, 6.45) is 1.81. The van der Waals surface area contributed by atoms with Gasteiger partial charge in [-0.1, -0.05) is 6.07 Å². The van der Waals surface area contributed by atoms with Crippen molar-refractivity contribution < 1.29 is 0 Å². The molecule has 3 heteroatoms. The maximum Gasteiger partial charge on any atom is 0.0888 e. The minimum absolute atomic E-state index is 1.17. The van der Waals surface area contributed by atoms with E-state index in [-0.39, 0.29) is 0 Å². The second-order valence-corrected chi connectivity index (χ2v) is 4.08. The summed E-state index contributed by atoms with van der Waals surface area (Å²) in [6.45, 7) is 2.11. The Kier molecular flexibility index (Phi) is 3.71. The molecule has 1 aromatic carbocycles. The Bertz CT molecular complexity index is 321. The van der Waals surface area contributed by atoms with Crippen LogP contribution in [0.4, 0.5) is 5.69 Å². The van der Waals surface area contributed by atoms with Crippen LogP contribution < -0.4 is 4.90 Å². The Morgan fingerprint density at radius 3 is 2.69 bits per heavy atom. The maximum absolute atomic E-state index is 3.96. The van der Waals surface area contributed by atoms with E-state index in [0.717, 1.165) is 0 Å². The first-order valence-electron chi connectivity index (χ1n) is 4.06. The van der Waals surface area contributed by atoms with Gasteiger partial charge in [-0.3, -0.25) is 4.99 Å². The van der Waals surface area contributed by atoms with Gasteiger partial charge in [-0.15, -0.1) is 0 Å². The first kappa shape index (κ1) is 10.5. The second-order valence-electron chi connectivity index (χ2n) is 2.92. The van der Waals surface area contributed by atoms with Gasteiger partial charge in [0.05, 0.1) is 6.34 Å². The number of hydrogen-bond donors (Lipinski definition) is 0. The molecule has 1 rings (SSSR count). The summed E-state index contributed by atoms with van der Waals surface area (Å²) < 4.78 is 1.28. The third-order valence-electron chi connectivity index (χ3n) is 1.85. The Morgan fingerprint density at radius 1 is 1.46 bits per heavy atom. The van der Waals surface area contributed by atoms with Crippen molar-refractivity contribution in [3.05, 3.63) is 27.3 Å². The Balaban J connectivity index is 2.96. The van der Waals surface area contributed by atoms with Gasteiger partial charge in [-0.2, -0.15) is 0 Å². The molecular formula is C10H13IN2. The fourth-order valence-corrected chi connectivity index (χ4v) is 1.54. The zero-order chi connectivity index (χ0) is 9.84. The summed E-state index contributed by atoms with van der Waals surface area (Å²) in [6, 6.07) is 6.37. The van der Waals surface area contributed by atoms with E-state index in [4.69, 9.17) is 0 Å². The highest BCUT2D eigenvalue weighted by atomic mass is 127. The number of hydrogen-bond acceptors (Lipinski definition) is 1. The molecule has 0 amide bonds. The maximum atomic E-state index is 3.96. The molecule has 0 aliphatic heterocycles. The first-order valence-corrected chi connectivity index (χ1v) is 5.14. The van der Waals surface area contributed by atoms with E-state index in [1.54, 1.807) is 13.4 Å². The van der Waals surface area contributed by atoms with Crippen molar-refractivity contribution in [3.8, 4) is 0 Å². The van der Waals surface area contributed by atoms with E-state index < -0.39 is 0 Å². The highest BCUT2D eigenvalue weighted by molar-refractivity contribution is 14.1. The molecule has 0 bridgehead atoms. The van der Waals surface area contributed by atoms with Gasteiger partial charge in [-0.05, 0) is 47.2 Å². The molecule has 0 atom stereocenters. The van der Waals surface area contributed by atoms with Crippen molar-refractivity contribution in [3.63, 3.8) is 0 Å². The Morgan fingerprint density at radius 2 is 2.15 bits per heavy atom. The monoisotopic (exact) mass is 288 g/mol. The molecule has 0 spiro atoms. The minimum atomic E-state index is 1.17. The predicted molar refractivity (Wildman–Crippen MR) is 66.7 cm³/mol. The third-order valence-corrected chi connectivity index (χ3v) is 3.01. The molecule has 0 radical (unpaired) electrons. The van der Waals surface area contributed by atoms with Gasteiger partial charge in [0, 0.05) is 23.4 Å². The van der Waals surface area contributed by atoms with Crippen LogP contribution in [0.2, 0.25) is 0 Å². The predicted octanol–water partition coefficient (Wildman–Crippen LogP) is 2.69. The van der Waals surface area contributed by atoms with Gasteiger partial charge in [0.15, 0.2) is 0 Å². The molecule has 70 valence electrons. The molecule has 0 aliphatic carbocycles. The van der Waals surface area contributed by atoms with Crippen molar-refractivity contribution in [2.24, 2.45) is 4.99 Å². The standard InChI is InChI=1S/C10H13IN2/c1-8-4-5-9(6-10(8)11)13(3)7-12-2/h4-7H,1-3H3. The average Bonchev–Trinajstić information content (AvgIpc) is 2.10. The summed E-state index contributed by atoms with van der Waals surface area (Å²) in [4.78, 5) is 5.96. The molecule has 13 heavy (non-hydrogen) atoms. The summed E-state index contributed by atoms with van der Waals surface area (Å²) in [5.74, 6) is 0. The number of aryl methyl sites for hydroxylation is 1. The smallest absolute Gasteiger partial charge is 0.0888 e. The molecule has 0 saturated heterocycles. The SMILES string of the molecule is CN=CN(C)c1ccc(C)c(I)c1. The lowest BCUT2D eigenvalue weighted by molar-refractivity contribution is 1.26. The Hall–Kier alpha value is -0.580. The van der Waals surface area contributed by atoms with Gasteiger partial charge >= 0.3 is 0 Å². The fourth-order valence-electron chi connectivity index (χ4n) is 1.04. The molecule has 0 saturated carbocycles. The van der Waals surface area contributed by atoms with Crippen molar-refractivity contribution >= 4 is 34.6 Å². The number of rotatable bonds is 2. The van der Waals surface area contributed by atoms with Gasteiger partial charge in [-0.25, -0.2) is 0 Å². The van der Waals surface area contributed by atoms with E-state index in [2.05, 4.69) is 52.7 Å². The van der Waals surface area contributed by atoms with Crippen LogP contribution in [0.25, 0.3) is 0 Å². The van der Waals surface area contributed by atoms with Gasteiger partial charge < -0.3 is 4.90 Å². The van der Waals surface area contributed by atoms with Crippen molar-refractivity contribution in [2.45, 2.75) is 6.92 Å². The fraction of sp³-hybridized carbons (Fsp3) is 0.300. The van der Waals surface area contributed by atoms with Crippen molar-refractivity contribution in [2.75, 3.05) is 19.0 Å². The second kappa shape index (κ2) is 4.60. The molecule has 1 aromatic rings. The lowest BCUT2D eigenvalue weighted by Gasteiger charge is -2.13. The van der Waals surface area contributed by atoms with Crippen LogP contribution in [0.3, 0.4) is 0 Å². The van der Waals surface area contributed by atoms with Gasteiger partial charge in [0.25, 0.3) is 0 Å². The van der Waals surface area contributed by atoms with Gasteiger partial charge in [0.2, 0.25) is 0 Å². The summed E-state index contributed by atoms with van der Waals surface area (Å²) in [5.41, 5.74) is 2.48. The van der Waals surface area contributed by atoms with E-state index in [1.165, 1.54) is 14.8 Å². The number of halogens is 1. The molecule has 0 aromatic heterocycles. The zero-order valence-electron chi connectivity index (χ0n) is 8.08. The molecule has 0 N–H and O–H groups in total. The highest BCUT2D eigenvalue weighted by Crippen LogP contribution is 2.18. The third kappa shape index (κ3) is 2.69. The Labute approximate surface area is 92.8 Å². The summed E-state index contributed by atoms with van der Waals surface area (Å²) in [5, 5.41) is 0. The molecule has 0 heterocycles. The molecular weight excluding hydrogens is 275 g/mol. The molecule has 0 unspecified atom stereocenters. The van der Waals surface area contributed by atoms with E-state index in [0.29, 0.717) is 0 Å². The molecule has 2 nitrogen and oxygen atoms in total. The highest BCUT2D eigenvalue weighted by Gasteiger charge is 1.99. The molecule has 0 aliphatic rings. The van der Waals surface area contributed by atoms with Crippen LogP contribution in [0.1, 0.15) is 5.56 Å².